The summed E-state index contributed by atoms with van der Waals surface area (Å²) in [6, 6.07) is 4.18. The molecule has 9 heteroatoms. The van der Waals surface area contributed by atoms with Gasteiger partial charge in [-0.3, -0.25) is 0 Å². The molecular formula is C8H7NaO7S. The molecule has 2 N–H and O–H groups in total. The van der Waals surface area contributed by atoms with E-state index < -0.39 is 27.1 Å². The summed E-state index contributed by atoms with van der Waals surface area (Å²) >= 11 is 0. The minimum atomic E-state index is -4.48. The molecular weight excluding hydrogens is 263 g/mol. The summed E-state index contributed by atoms with van der Waals surface area (Å²) in [6.45, 7) is 0. The zero-order valence-electron chi connectivity index (χ0n) is 7.65. The fourth-order valence-electron chi connectivity index (χ4n) is 0.927. The Morgan fingerprint density at radius 2 is 1.76 bits per heavy atom. The molecule has 0 amide bonds. The predicted octanol–water partition coefficient (Wildman–Crippen LogP) is 0.120. The molecule has 0 bridgehead atoms. The van der Waals surface area contributed by atoms with Crippen molar-refractivity contribution in [2.24, 2.45) is 0 Å². The van der Waals surface area contributed by atoms with Crippen molar-refractivity contribution in [2.75, 3.05) is 0 Å². The average molecular weight is 270 g/mol. The molecule has 0 aliphatic heterocycles. The number of rotatable bonds is 3. The summed E-state index contributed by atoms with van der Waals surface area (Å²) in [5.41, 5.74) is -0.282. The third-order valence-electron chi connectivity index (χ3n) is 1.55. The molecule has 1 aromatic carbocycles. The first-order chi connectivity index (χ1) is 7.33. The molecule has 0 aliphatic rings. The molecule has 0 spiro atoms. The number of hydrogen-bond acceptors (Lipinski definition) is 5. The van der Waals surface area contributed by atoms with Crippen LogP contribution in [0.4, 0.5) is 4.79 Å². The molecule has 0 saturated heterocycles. The fourth-order valence-corrected chi connectivity index (χ4v) is 1.73. The van der Waals surface area contributed by atoms with Gasteiger partial charge in [0, 0.05) is 0 Å². The molecule has 7 nitrogen and oxygen atoms in total. The van der Waals surface area contributed by atoms with E-state index >= 15 is 0 Å². The normalized spacial score (nSPS) is 10.1. The van der Waals surface area contributed by atoms with Crippen molar-refractivity contribution >= 4 is 51.8 Å². The van der Waals surface area contributed by atoms with Crippen molar-refractivity contribution in [3.8, 4) is 0 Å². The molecule has 0 unspecified atom stereocenters. The van der Waals surface area contributed by atoms with Crippen LogP contribution in [0.3, 0.4) is 0 Å². The van der Waals surface area contributed by atoms with E-state index in [0.29, 0.717) is 0 Å². The Balaban J connectivity index is 0.00000256. The van der Waals surface area contributed by atoms with Gasteiger partial charge in [0.2, 0.25) is 0 Å². The van der Waals surface area contributed by atoms with Crippen molar-refractivity contribution in [3.63, 3.8) is 0 Å². The molecule has 0 atom stereocenters. The Morgan fingerprint density at radius 3 is 2.24 bits per heavy atom. The standard InChI is InChI=1S/C8H6O7S.Na.H/c9-7(10)5-2-1-3-6(4-5)16(13,14)15-8(11)12;;/h1-4H,(H,9,10)(H,11,12);;. The van der Waals surface area contributed by atoms with Gasteiger partial charge in [0.15, 0.2) is 0 Å². The van der Waals surface area contributed by atoms with Crippen LogP contribution in [0.15, 0.2) is 29.2 Å². The first-order valence-corrected chi connectivity index (χ1v) is 5.24. The van der Waals surface area contributed by atoms with Gasteiger partial charge in [-0.15, -0.1) is 0 Å². The van der Waals surface area contributed by atoms with Crippen molar-refractivity contribution in [1.82, 2.24) is 0 Å². The molecule has 0 heterocycles. The summed E-state index contributed by atoms with van der Waals surface area (Å²) in [7, 11) is -4.48. The third kappa shape index (κ3) is 4.35. The number of carboxylic acid groups (broad SMARTS) is 2. The molecule has 0 aliphatic carbocycles. The van der Waals surface area contributed by atoms with E-state index in [9.17, 15) is 18.0 Å². The topological polar surface area (TPSA) is 118 Å². The molecule has 1 rings (SSSR count). The van der Waals surface area contributed by atoms with Gasteiger partial charge >= 0.3 is 51.8 Å². The molecule has 88 valence electrons. The van der Waals surface area contributed by atoms with Crippen molar-refractivity contribution in [3.05, 3.63) is 29.8 Å². The second kappa shape index (κ2) is 6.01. The maximum atomic E-state index is 11.2. The number of carboxylic acids is 1. The molecule has 0 saturated carbocycles. The van der Waals surface area contributed by atoms with Gasteiger partial charge in [-0.2, -0.15) is 8.42 Å². The van der Waals surface area contributed by atoms with E-state index in [1.165, 1.54) is 12.1 Å². The molecule has 0 radical (unpaired) electrons. The van der Waals surface area contributed by atoms with E-state index in [1.807, 2.05) is 0 Å². The zero-order chi connectivity index (χ0) is 12.3. The van der Waals surface area contributed by atoms with E-state index in [1.54, 1.807) is 0 Å². The van der Waals surface area contributed by atoms with E-state index in [0.717, 1.165) is 12.1 Å². The van der Waals surface area contributed by atoms with Gasteiger partial charge < -0.3 is 14.4 Å². The second-order valence-electron chi connectivity index (χ2n) is 2.64. The third-order valence-corrected chi connectivity index (χ3v) is 2.74. The van der Waals surface area contributed by atoms with E-state index in [2.05, 4.69) is 4.18 Å². The summed E-state index contributed by atoms with van der Waals surface area (Å²) in [6.07, 6.45) is -1.99. The first kappa shape index (κ1) is 15.9. The predicted molar refractivity (Wildman–Crippen MR) is 56.8 cm³/mol. The van der Waals surface area contributed by atoms with E-state index in [4.69, 9.17) is 10.2 Å². The Labute approximate surface area is 118 Å². The minimum absolute atomic E-state index is 0. The van der Waals surface area contributed by atoms with Crippen molar-refractivity contribution in [1.29, 1.82) is 0 Å². The maximum absolute atomic E-state index is 11.2. The summed E-state index contributed by atoms with van der Waals surface area (Å²) < 4.78 is 26.1. The Hall–Kier alpha value is -1.09. The summed E-state index contributed by atoms with van der Waals surface area (Å²) in [4.78, 5) is 20.1. The van der Waals surface area contributed by atoms with Crippen LogP contribution in [0.1, 0.15) is 10.4 Å². The van der Waals surface area contributed by atoms with Crippen molar-refractivity contribution in [2.45, 2.75) is 4.90 Å². The van der Waals surface area contributed by atoms with Gasteiger partial charge in [-0.05, 0) is 18.2 Å². The van der Waals surface area contributed by atoms with Gasteiger partial charge in [0.25, 0.3) is 0 Å². The Morgan fingerprint density at radius 1 is 1.18 bits per heavy atom. The van der Waals surface area contributed by atoms with Gasteiger partial charge in [0.05, 0.1) is 5.56 Å². The average Bonchev–Trinajstić information content (AvgIpc) is 2.16. The van der Waals surface area contributed by atoms with Crippen molar-refractivity contribution < 1.29 is 32.4 Å². The number of aromatic carboxylic acids is 1. The monoisotopic (exact) mass is 270 g/mol. The summed E-state index contributed by atoms with van der Waals surface area (Å²) in [5, 5.41) is 16.8. The van der Waals surface area contributed by atoms with Gasteiger partial charge in [-0.1, -0.05) is 6.07 Å². The van der Waals surface area contributed by atoms with Crippen LogP contribution in [0, 0.1) is 0 Å². The number of hydrogen-bond donors (Lipinski definition) is 2. The fraction of sp³-hybridized carbons (Fsp3) is 0. The Bertz CT molecular complexity index is 537. The SMILES string of the molecule is O=C(O)OS(=O)(=O)c1cccc(C(=O)O)c1.[NaH]. The summed E-state index contributed by atoms with van der Waals surface area (Å²) in [5.74, 6) is -1.33. The zero-order valence-corrected chi connectivity index (χ0v) is 8.47. The Kier molecular flexibility index (Phi) is 5.62. The van der Waals surface area contributed by atoms with Crippen LogP contribution in [-0.2, 0) is 14.3 Å². The van der Waals surface area contributed by atoms with Crippen LogP contribution in [-0.4, -0.2) is 60.3 Å². The van der Waals surface area contributed by atoms with Crippen LogP contribution >= 0.6 is 0 Å². The molecule has 0 fully saturated rings. The molecule has 17 heavy (non-hydrogen) atoms. The van der Waals surface area contributed by atoms with E-state index in [-0.39, 0.29) is 35.1 Å². The van der Waals surface area contributed by atoms with Crippen LogP contribution < -0.4 is 0 Å². The first-order valence-electron chi connectivity index (χ1n) is 3.84. The van der Waals surface area contributed by atoms with Gasteiger partial charge in [0.1, 0.15) is 4.90 Å². The van der Waals surface area contributed by atoms with Gasteiger partial charge in [-0.25, -0.2) is 9.59 Å². The number of carbonyl (C=O) groups is 2. The second-order valence-corrected chi connectivity index (χ2v) is 4.18. The number of benzene rings is 1. The quantitative estimate of drug-likeness (QED) is 0.591. The van der Waals surface area contributed by atoms with Crippen LogP contribution in [0.5, 0.6) is 0 Å². The molecule has 0 aromatic heterocycles. The van der Waals surface area contributed by atoms with Crippen LogP contribution in [0.25, 0.3) is 0 Å². The molecule has 1 aromatic rings. The van der Waals surface area contributed by atoms with Crippen LogP contribution in [0.2, 0.25) is 0 Å².